The molecule has 0 spiro atoms. The summed E-state index contributed by atoms with van der Waals surface area (Å²) in [5.41, 5.74) is 2.46. The molecule has 3 aromatic rings. The van der Waals surface area contributed by atoms with Crippen LogP contribution >= 0.6 is 0 Å². The van der Waals surface area contributed by atoms with Crippen molar-refractivity contribution in [2.24, 2.45) is 0 Å². The summed E-state index contributed by atoms with van der Waals surface area (Å²) in [5.74, 6) is 0.257. The van der Waals surface area contributed by atoms with Gasteiger partial charge in [-0.25, -0.2) is 0 Å². The van der Waals surface area contributed by atoms with Gasteiger partial charge >= 0.3 is 0 Å². The summed E-state index contributed by atoms with van der Waals surface area (Å²) in [6.45, 7) is 0.864. The number of fused-ring (bicyclic) bond motifs is 1. The van der Waals surface area contributed by atoms with E-state index in [0.717, 1.165) is 25.8 Å². The van der Waals surface area contributed by atoms with Crippen molar-refractivity contribution in [3.8, 4) is 0 Å². The molecule has 3 nitrogen and oxygen atoms in total. The molecule has 4 rings (SSSR count). The Bertz CT molecular complexity index is 870. The minimum atomic E-state index is 0.205. The molecule has 0 unspecified atom stereocenters. The van der Waals surface area contributed by atoms with E-state index in [0.29, 0.717) is 6.42 Å². The first-order valence-electron chi connectivity index (χ1n) is 8.99. The highest BCUT2D eigenvalue weighted by atomic mass is 16.2. The predicted molar refractivity (Wildman–Crippen MR) is 100 cm³/mol. The zero-order chi connectivity index (χ0) is 17.1. The van der Waals surface area contributed by atoms with Crippen molar-refractivity contribution in [2.75, 3.05) is 6.54 Å². The molecule has 0 radical (unpaired) electrons. The monoisotopic (exact) mass is 330 g/mol. The second-order valence-corrected chi connectivity index (χ2v) is 6.67. The maximum Gasteiger partial charge on any atom is 0.223 e. The number of rotatable bonds is 4. The van der Waals surface area contributed by atoms with Crippen LogP contribution in [0.25, 0.3) is 10.8 Å². The normalized spacial score (nSPS) is 17.1. The molecule has 3 heteroatoms. The summed E-state index contributed by atoms with van der Waals surface area (Å²) in [6.07, 6.45) is 7.04. The lowest BCUT2D eigenvalue weighted by molar-refractivity contribution is -0.132. The van der Waals surface area contributed by atoms with Gasteiger partial charge in [0.25, 0.3) is 0 Å². The van der Waals surface area contributed by atoms with E-state index in [-0.39, 0.29) is 11.9 Å². The summed E-state index contributed by atoms with van der Waals surface area (Å²) in [4.78, 5) is 19.0. The van der Waals surface area contributed by atoms with Crippen LogP contribution in [-0.2, 0) is 11.2 Å². The highest BCUT2D eigenvalue weighted by Crippen LogP contribution is 2.36. The van der Waals surface area contributed by atoms with Crippen molar-refractivity contribution in [3.05, 3.63) is 78.1 Å². The number of carbonyl (C=O) groups excluding carboxylic acids is 1. The minimum Gasteiger partial charge on any atom is -0.336 e. The lowest BCUT2D eigenvalue weighted by Crippen LogP contribution is -2.30. The molecule has 1 aromatic heterocycles. The molecule has 2 heterocycles. The van der Waals surface area contributed by atoms with Crippen molar-refractivity contribution < 1.29 is 4.79 Å². The summed E-state index contributed by atoms with van der Waals surface area (Å²) in [6, 6.07) is 19.1. The third kappa shape index (κ3) is 3.27. The topological polar surface area (TPSA) is 33.2 Å². The quantitative estimate of drug-likeness (QED) is 0.704. The van der Waals surface area contributed by atoms with Crippen LogP contribution in [0.4, 0.5) is 0 Å². The molecule has 1 saturated heterocycles. The van der Waals surface area contributed by atoms with Crippen molar-refractivity contribution in [1.29, 1.82) is 0 Å². The van der Waals surface area contributed by atoms with Crippen molar-refractivity contribution in [2.45, 2.75) is 31.7 Å². The van der Waals surface area contributed by atoms with Gasteiger partial charge in [-0.15, -0.1) is 0 Å². The van der Waals surface area contributed by atoms with Gasteiger partial charge in [-0.3, -0.25) is 9.78 Å². The Morgan fingerprint density at radius 3 is 2.72 bits per heavy atom. The minimum absolute atomic E-state index is 0.205. The van der Waals surface area contributed by atoms with E-state index in [1.807, 2.05) is 12.1 Å². The Hall–Kier alpha value is -2.68. The molecule has 0 aliphatic carbocycles. The van der Waals surface area contributed by atoms with Crippen molar-refractivity contribution in [3.63, 3.8) is 0 Å². The first kappa shape index (κ1) is 15.8. The summed E-state index contributed by atoms with van der Waals surface area (Å²) < 4.78 is 0. The van der Waals surface area contributed by atoms with Gasteiger partial charge < -0.3 is 4.90 Å². The van der Waals surface area contributed by atoms with Crippen LogP contribution in [0.2, 0.25) is 0 Å². The third-order valence-electron chi connectivity index (χ3n) is 5.13. The molecule has 0 saturated carbocycles. The molecule has 1 aliphatic rings. The average Bonchev–Trinajstić information content (AvgIpc) is 3.16. The standard InChI is InChI=1S/C22H22N2O/c25-22(11-10-17-12-14-23-15-13-17)24-16-4-9-21(24)20-8-3-6-18-5-1-2-7-19(18)20/h1-3,5-8,12-15,21H,4,9-11,16H2/t21-/m0/s1. The smallest absolute Gasteiger partial charge is 0.223 e. The van der Waals surface area contributed by atoms with E-state index in [1.54, 1.807) is 12.4 Å². The number of amides is 1. The zero-order valence-corrected chi connectivity index (χ0v) is 14.3. The molecular formula is C22H22N2O. The van der Waals surface area contributed by atoms with Gasteiger partial charge in [0.15, 0.2) is 0 Å². The molecular weight excluding hydrogens is 308 g/mol. The second-order valence-electron chi connectivity index (χ2n) is 6.67. The van der Waals surface area contributed by atoms with Crippen LogP contribution in [0, 0.1) is 0 Å². The van der Waals surface area contributed by atoms with Crippen LogP contribution in [0.5, 0.6) is 0 Å². The van der Waals surface area contributed by atoms with E-state index >= 15 is 0 Å². The van der Waals surface area contributed by atoms with E-state index in [4.69, 9.17) is 0 Å². The molecule has 1 aliphatic heterocycles. The largest absolute Gasteiger partial charge is 0.336 e. The first-order chi connectivity index (χ1) is 12.3. The van der Waals surface area contributed by atoms with Gasteiger partial charge in [0.05, 0.1) is 6.04 Å². The fraction of sp³-hybridized carbons (Fsp3) is 0.273. The lowest BCUT2D eigenvalue weighted by atomic mass is 9.97. The highest BCUT2D eigenvalue weighted by Gasteiger charge is 2.30. The Kier molecular flexibility index (Phi) is 4.47. The number of aryl methyl sites for hydroxylation is 1. The zero-order valence-electron chi connectivity index (χ0n) is 14.3. The number of nitrogens with zero attached hydrogens (tertiary/aromatic N) is 2. The van der Waals surface area contributed by atoms with E-state index in [2.05, 4.69) is 52.3 Å². The molecule has 25 heavy (non-hydrogen) atoms. The predicted octanol–water partition coefficient (Wildman–Crippen LogP) is 4.53. The molecule has 2 aromatic carbocycles. The van der Waals surface area contributed by atoms with E-state index in [9.17, 15) is 4.79 Å². The lowest BCUT2D eigenvalue weighted by Gasteiger charge is -2.26. The van der Waals surface area contributed by atoms with E-state index < -0.39 is 0 Å². The Labute approximate surface area is 148 Å². The highest BCUT2D eigenvalue weighted by molar-refractivity contribution is 5.87. The molecule has 1 fully saturated rings. The summed E-state index contributed by atoms with van der Waals surface area (Å²) >= 11 is 0. The fourth-order valence-electron chi connectivity index (χ4n) is 3.87. The molecule has 126 valence electrons. The van der Waals surface area contributed by atoms with Crippen LogP contribution < -0.4 is 0 Å². The maximum absolute atomic E-state index is 12.8. The molecule has 0 N–H and O–H groups in total. The van der Waals surface area contributed by atoms with Crippen LogP contribution in [0.15, 0.2) is 67.0 Å². The Morgan fingerprint density at radius 2 is 1.84 bits per heavy atom. The number of likely N-dealkylation sites (tertiary alicyclic amines) is 1. The fourth-order valence-corrected chi connectivity index (χ4v) is 3.87. The number of hydrogen-bond acceptors (Lipinski definition) is 2. The van der Waals surface area contributed by atoms with Crippen LogP contribution in [0.1, 0.15) is 36.4 Å². The summed E-state index contributed by atoms with van der Waals surface area (Å²) in [7, 11) is 0. The average molecular weight is 330 g/mol. The molecule has 1 amide bonds. The number of benzene rings is 2. The first-order valence-corrected chi connectivity index (χ1v) is 8.99. The molecule has 1 atom stereocenters. The van der Waals surface area contributed by atoms with Crippen LogP contribution in [-0.4, -0.2) is 22.3 Å². The van der Waals surface area contributed by atoms with Crippen LogP contribution in [0.3, 0.4) is 0 Å². The SMILES string of the molecule is O=C(CCc1ccncc1)N1CCC[C@H]1c1cccc2ccccc12. The Morgan fingerprint density at radius 1 is 1.04 bits per heavy atom. The summed E-state index contributed by atoms with van der Waals surface area (Å²) in [5, 5.41) is 2.51. The molecule has 0 bridgehead atoms. The van der Waals surface area contributed by atoms with Gasteiger partial charge in [-0.2, -0.15) is 0 Å². The maximum atomic E-state index is 12.8. The second kappa shape index (κ2) is 7.06. The number of hydrogen-bond donors (Lipinski definition) is 0. The van der Waals surface area contributed by atoms with Gasteiger partial charge in [0.2, 0.25) is 5.91 Å². The third-order valence-corrected chi connectivity index (χ3v) is 5.13. The van der Waals surface area contributed by atoms with Crippen molar-refractivity contribution in [1.82, 2.24) is 9.88 Å². The van der Waals surface area contributed by atoms with Gasteiger partial charge in [-0.1, -0.05) is 42.5 Å². The number of pyridine rings is 1. The van der Waals surface area contributed by atoms with E-state index in [1.165, 1.54) is 21.9 Å². The van der Waals surface area contributed by atoms with Gasteiger partial charge in [-0.05, 0) is 53.3 Å². The number of carbonyl (C=O) groups is 1. The van der Waals surface area contributed by atoms with Crippen molar-refractivity contribution >= 4 is 16.7 Å². The Balaban J connectivity index is 1.54. The number of aromatic nitrogens is 1. The van der Waals surface area contributed by atoms with Gasteiger partial charge in [0.1, 0.15) is 0 Å². The van der Waals surface area contributed by atoms with Gasteiger partial charge in [0, 0.05) is 25.4 Å².